The molecule has 0 aliphatic heterocycles. The highest BCUT2D eigenvalue weighted by molar-refractivity contribution is 7.56. The minimum atomic E-state index is -6.17. The molecule has 0 spiro atoms. The van der Waals surface area contributed by atoms with E-state index in [9.17, 15) is 61.5 Å². The molecule has 17 heteroatoms. The van der Waals surface area contributed by atoms with Crippen LogP contribution in [0.3, 0.4) is 0 Å². The van der Waals surface area contributed by atoms with Crippen molar-refractivity contribution in [2.24, 2.45) is 0 Å². The van der Waals surface area contributed by atoms with Crippen molar-refractivity contribution >= 4 is 39.2 Å². The summed E-state index contributed by atoms with van der Waals surface area (Å²) in [7, 11) is 0. The molecule has 172 valence electrons. The summed E-state index contributed by atoms with van der Waals surface area (Å²) in [5.74, 6) is -24.9. The Morgan fingerprint density at radius 3 is 0.774 bits per heavy atom. The van der Waals surface area contributed by atoms with Crippen LogP contribution in [0.25, 0.3) is 0 Å². The van der Waals surface area contributed by atoms with Crippen LogP contribution in [0, 0.1) is 46.5 Å². The Balaban J connectivity index is 3.00. The molecule has 2 aromatic rings. The van der Waals surface area contributed by atoms with Gasteiger partial charge in [-0.2, -0.15) is 26.3 Å². The van der Waals surface area contributed by atoms with E-state index in [0.29, 0.717) is 0 Å². The third-order valence-electron chi connectivity index (χ3n) is 3.72. The Hall–Kier alpha value is -1.74. The predicted octanol–water partition coefficient (Wildman–Crippen LogP) is 5.87. The maximum Gasteiger partial charge on any atom is 0.422 e. The molecule has 0 aliphatic rings. The van der Waals surface area contributed by atoms with Gasteiger partial charge in [0.1, 0.15) is 11.1 Å². The van der Waals surface area contributed by atoms with Crippen LogP contribution in [0.5, 0.6) is 0 Å². The first-order valence-corrected chi connectivity index (χ1v) is 11.0. The summed E-state index contributed by atoms with van der Waals surface area (Å²) in [6.45, 7) is -6.17. The molecule has 0 N–H and O–H groups in total. The van der Waals surface area contributed by atoms with E-state index in [1.165, 1.54) is 0 Å². The summed E-state index contributed by atoms with van der Waals surface area (Å²) in [6, 6.07) is 0. The Morgan fingerprint density at radius 1 is 0.419 bits per heavy atom. The lowest BCUT2D eigenvalue weighted by atomic mass is 10.1. The highest BCUT2D eigenvalue weighted by Gasteiger charge is 2.52. The van der Waals surface area contributed by atoms with Crippen LogP contribution in [0.2, 0.25) is 0 Å². The van der Waals surface area contributed by atoms with Gasteiger partial charge in [-0.3, -0.25) is 0 Å². The van der Waals surface area contributed by atoms with Crippen molar-refractivity contribution in [2.75, 3.05) is 0 Å². The van der Waals surface area contributed by atoms with Crippen molar-refractivity contribution in [2.45, 2.75) is 12.4 Å². The van der Waals surface area contributed by atoms with E-state index in [0.717, 1.165) is 0 Å². The summed E-state index contributed by atoms with van der Waals surface area (Å²) in [4.78, 5) is 0. The maximum absolute atomic E-state index is 14.1. The second-order valence-electron chi connectivity index (χ2n) is 5.58. The third-order valence-corrected chi connectivity index (χ3v) is 8.12. The molecule has 2 rings (SSSR count). The van der Waals surface area contributed by atoms with Gasteiger partial charge in [0.15, 0.2) is 46.5 Å². The monoisotopic (exact) mass is 532 g/mol. The van der Waals surface area contributed by atoms with Gasteiger partial charge in [-0.15, -0.1) is 22.2 Å². The molecular formula is C14Cl2F14Si. The lowest BCUT2D eigenvalue weighted by Gasteiger charge is -2.23. The van der Waals surface area contributed by atoms with Gasteiger partial charge in [0.25, 0.3) is 0 Å². The molecule has 0 bridgehead atoms. The normalized spacial score (nSPS) is 13.2. The van der Waals surface area contributed by atoms with E-state index >= 15 is 0 Å². The summed E-state index contributed by atoms with van der Waals surface area (Å²) in [5.41, 5.74) is -6.29. The van der Waals surface area contributed by atoms with E-state index in [-0.39, 0.29) is 0 Å². The molecule has 0 amide bonds. The predicted molar refractivity (Wildman–Crippen MR) is 79.3 cm³/mol. The topological polar surface area (TPSA) is 0 Å². The second kappa shape index (κ2) is 7.69. The molecule has 0 nitrogen and oxygen atoms in total. The zero-order valence-electron chi connectivity index (χ0n) is 13.5. The van der Waals surface area contributed by atoms with Crippen LogP contribution in [0.15, 0.2) is 0 Å². The fraction of sp³-hybridized carbons (Fsp3) is 0.143. The van der Waals surface area contributed by atoms with Crippen molar-refractivity contribution in [3.05, 3.63) is 57.7 Å². The molecule has 0 aromatic heterocycles. The Bertz CT molecular complexity index is 931. The largest absolute Gasteiger partial charge is 0.422 e. The van der Waals surface area contributed by atoms with E-state index in [4.69, 9.17) is 22.2 Å². The Labute approximate surface area is 171 Å². The van der Waals surface area contributed by atoms with Crippen molar-refractivity contribution in [1.82, 2.24) is 0 Å². The molecule has 0 saturated carbocycles. The molecule has 0 atom stereocenters. The Kier molecular flexibility index (Phi) is 6.33. The average Bonchev–Trinajstić information content (AvgIpc) is 2.56. The fourth-order valence-electron chi connectivity index (χ4n) is 2.44. The van der Waals surface area contributed by atoms with Crippen LogP contribution >= 0.6 is 22.2 Å². The van der Waals surface area contributed by atoms with Gasteiger partial charge >= 0.3 is 19.0 Å². The Morgan fingerprint density at radius 2 is 0.613 bits per heavy atom. The molecule has 2 aromatic carbocycles. The third kappa shape index (κ3) is 3.95. The first-order chi connectivity index (χ1) is 13.8. The van der Waals surface area contributed by atoms with E-state index in [1.54, 1.807) is 0 Å². The first kappa shape index (κ1) is 25.5. The lowest BCUT2D eigenvalue weighted by molar-refractivity contribution is -0.144. The van der Waals surface area contributed by atoms with Gasteiger partial charge in [-0.25, -0.2) is 35.1 Å². The quantitative estimate of drug-likeness (QED) is 0.196. The summed E-state index contributed by atoms with van der Waals surface area (Å²) in [5, 5.41) is -4.98. The van der Waals surface area contributed by atoms with Crippen molar-refractivity contribution < 1.29 is 61.5 Å². The van der Waals surface area contributed by atoms with E-state index in [1.807, 2.05) is 0 Å². The van der Waals surface area contributed by atoms with E-state index < -0.39 is 87.1 Å². The number of halogens is 16. The minimum Gasteiger partial charge on any atom is -0.204 e. The first-order valence-electron chi connectivity index (χ1n) is 7.02. The number of hydrogen-bond donors (Lipinski definition) is 0. The molecule has 0 heterocycles. The van der Waals surface area contributed by atoms with Crippen LogP contribution in [-0.2, 0) is 12.4 Å². The standard InChI is InChI=1S/C14Cl2F14Si/c15-31(16,11-7(21)3(17)1(13(25,26)27)4(18)8(11)22)12-9(23)5(19)2(14(28,29)30)6(20)10(12)24. The summed E-state index contributed by atoms with van der Waals surface area (Å²) < 4.78 is 187. The molecule has 0 aliphatic carbocycles. The molecule has 0 fully saturated rings. The van der Waals surface area contributed by atoms with Gasteiger partial charge in [0.05, 0.1) is 10.4 Å². The summed E-state index contributed by atoms with van der Waals surface area (Å²) in [6.07, 6.45) is -12.1. The van der Waals surface area contributed by atoms with E-state index in [2.05, 4.69) is 0 Å². The van der Waals surface area contributed by atoms with Crippen molar-refractivity contribution in [3.8, 4) is 0 Å². The number of alkyl halides is 6. The molecular weight excluding hydrogens is 533 g/mol. The van der Waals surface area contributed by atoms with Gasteiger partial charge in [0, 0.05) is 0 Å². The molecule has 0 unspecified atom stereocenters. The average molecular weight is 533 g/mol. The van der Waals surface area contributed by atoms with Crippen LogP contribution in [-0.4, -0.2) is 6.69 Å². The number of hydrogen-bond acceptors (Lipinski definition) is 0. The zero-order valence-corrected chi connectivity index (χ0v) is 16.1. The molecule has 0 saturated heterocycles. The fourth-order valence-corrected chi connectivity index (χ4v) is 6.22. The number of rotatable bonds is 2. The van der Waals surface area contributed by atoms with Crippen molar-refractivity contribution in [1.29, 1.82) is 0 Å². The van der Waals surface area contributed by atoms with Crippen LogP contribution in [0.4, 0.5) is 61.5 Å². The molecule has 31 heavy (non-hydrogen) atoms. The lowest BCUT2D eigenvalue weighted by Crippen LogP contribution is -2.56. The maximum atomic E-state index is 14.1. The molecule has 0 radical (unpaired) electrons. The smallest absolute Gasteiger partial charge is 0.204 e. The van der Waals surface area contributed by atoms with Gasteiger partial charge in [-0.1, -0.05) is 0 Å². The minimum absolute atomic E-state index is 2.49. The second-order valence-corrected chi connectivity index (χ2v) is 11.7. The highest BCUT2D eigenvalue weighted by Crippen LogP contribution is 2.38. The van der Waals surface area contributed by atoms with Gasteiger partial charge in [0.2, 0.25) is 0 Å². The van der Waals surface area contributed by atoms with Gasteiger partial charge in [-0.05, 0) is 0 Å². The zero-order chi connectivity index (χ0) is 24.4. The number of benzene rings is 2. The van der Waals surface area contributed by atoms with Crippen LogP contribution < -0.4 is 10.4 Å². The van der Waals surface area contributed by atoms with Crippen molar-refractivity contribution in [3.63, 3.8) is 0 Å². The summed E-state index contributed by atoms with van der Waals surface area (Å²) >= 11 is 10.7. The highest BCUT2D eigenvalue weighted by atomic mass is 35.7. The SMILES string of the molecule is Fc1c(F)c([Si](Cl)(Cl)c2c(F)c(F)c(C(F)(F)F)c(F)c2F)c(F)c(F)c1C(F)(F)F. The van der Waals surface area contributed by atoms with Crippen LogP contribution in [0.1, 0.15) is 11.1 Å². The van der Waals surface area contributed by atoms with Gasteiger partial charge < -0.3 is 0 Å².